The van der Waals surface area contributed by atoms with Crippen LogP contribution >= 0.6 is 24.8 Å². The van der Waals surface area contributed by atoms with Gasteiger partial charge in [-0.25, -0.2) is 0 Å². The van der Waals surface area contributed by atoms with E-state index in [0.717, 1.165) is 48.3 Å². The van der Waals surface area contributed by atoms with E-state index in [1.807, 2.05) is 76.2 Å². The van der Waals surface area contributed by atoms with Crippen LogP contribution in [0.5, 0.6) is 11.5 Å². The highest BCUT2D eigenvalue weighted by Gasteiger charge is 2.04. The average Bonchev–Trinajstić information content (AvgIpc) is 2.75. The quantitative estimate of drug-likeness (QED) is 0.203. The first-order valence-electron chi connectivity index (χ1n) is 11.5. The van der Waals surface area contributed by atoms with Crippen molar-refractivity contribution >= 4 is 36.5 Å². The standard InChI is InChI=1S/C26H38N4O2.2ClH/c1-19(2)29-25(27)21-11-9-13-23(17-21)31-15-7-5-6-8-16-32-24-14-10-12-22(18-24)26(28)30-20(3)4;;/h9-14,17-20H,5-8,15-16H2,1-4H3,(H2,27,29)(H2,28,30);2*1H. The second kappa shape index (κ2) is 17.1. The van der Waals surface area contributed by atoms with Crippen molar-refractivity contribution < 1.29 is 9.47 Å². The number of ether oxygens (including phenoxy) is 2. The van der Waals surface area contributed by atoms with E-state index in [4.69, 9.17) is 20.9 Å². The number of unbranched alkanes of at least 4 members (excludes halogenated alkanes) is 3. The van der Waals surface area contributed by atoms with Gasteiger partial charge < -0.3 is 20.9 Å². The van der Waals surface area contributed by atoms with Gasteiger partial charge in [0.05, 0.1) is 13.2 Å². The molecule has 2 aromatic carbocycles. The number of hydrogen-bond acceptors (Lipinski definition) is 4. The summed E-state index contributed by atoms with van der Waals surface area (Å²) in [6, 6.07) is 15.9. The van der Waals surface area contributed by atoms with E-state index in [0.29, 0.717) is 24.9 Å². The zero-order chi connectivity index (χ0) is 23.3. The average molecular weight is 512 g/mol. The van der Waals surface area contributed by atoms with Crippen molar-refractivity contribution in [2.75, 3.05) is 13.2 Å². The van der Waals surface area contributed by atoms with Crippen molar-refractivity contribution in [3.8, 4) is 11.5 Å². The van der Waals surface area contributed by atoms with Crippen molar-refractivity contribution in [2.45, 2.75) is 65.5 Å². The van der Waals surface area contributed by atoms with Crippen LogP contribution in [-0.2, 0) is 0 Å². The first-order chi connectivity index (χ1) is 15.3. The molecule has 4 N–H and O–H groups in total. The smallest absolute Gasteiger partial charge is 0.126 e. The minimum absolute atomic E-state index is 0. The van der Waals surface area contributed by atoms with Crippen LogP contribution < -0.4 is 20.9 Å². The third-order valence-corrected chi connectivity index (χ3v) is 4.63. The predicted molar refractivity (Wildman–Crippen MR) is 149 cm³/mol. The van der Waals surface area contributed by atoms with Crippen molar-refractivity contribution in [1.82, 2.24) is 0 Å². The summed E-state index contributed by atoms with van der Waals surface area (Å²) in [6.07, 6.45) is 4.18. The van der Waals surface area contributed by atoms with Gasteiger partial charge in [-0.2, -0.15) is 0 Å². The van der Waals surface area contributed by atoms with Gasteiger partial charge in [-0.1, -0.05) is 24.3 Å². The minimum atomic E-state index is 0. The highest BCUT2D eigenvalue weighted by Crippen LogP contribution is 2.16. The second-order valence-electron chi connectivity index (χ2n) is 8.38. The number of rotatable bonds is 13. The number of amidine groups is 2. The van der Waals surface area contributed by atoms with Gasteiger partial charge >= 0.3 is 0 Å². The van der Waals surface area contributed by atoms with Gasteiger partial charge in [0, 0.05) is 23.2 Å². The highest BCUT2D eigenvalue weighted by atomic mass is 35.5. The SMILES string of the molecule is CC(C)N=C(N)c1cccc(OCCCCCCOc2cccc(C(N)=NC(C)C)c2)c1.Cl.Cl. The van der Waals surface area contributed by atoms with Gasteiger partial charge in [0.25, 0.3) is 0 Å². The van der Waals surface area contributed by atoms with Gasteiger partial charge in [0.1, 0.15) is 23.2 Å². The summed E-state index contributed by atoms with van der Waals surface area (Å²) in [7, 11) is 0. The summed E-state index contributed by atoms with van der Waals surface area (Å²) in [4.78, 5) is 8.78. The molecule has 34 heavy (non-hydrogen) atoms. The summed E-state index contributed by atoms with van der Waals surface area (Å²) in [6.45, 7) is 9.40. The normalized spacial score (nSPS) is 11.7. The lowest BCUT2D eigenvalue weighted by molar-refractivity contribution is 0.287. The number of aliphatic imine (C=N–C) groups is 2. The van der Waals surface area contributed by atoms with Crippen molar-refractivity contribution in [2.24, 2.45) is 21.5 Å². The molecular formula is C26H40Cl2N4O2. The molecule has 2 rings (SSSR count). The van der Waals surface area contributed by atoms with Crippen LogP contribution in [0.4, 0.5) is 0 Å². The fourth-order valence-corrected chi connectivity index (χ4v) is 3.13. The predicted octanol–water partition coefficient (Wildman–Crippen LogP) is 5.78. The first-order valence-corrected chi connectivity index (χ1v) is 11.5. The molecule has 0 atom stereocenters. The third kappa shape index (κ3) is 12.1. The first kappa shape index (κ1) is 31.6. The van der Waals surface area contributed by atoms with Crippen LogP contribution in [0, 0.1) is 0 Å². The molecule has 0 saturated carbocycles. The zero-order valence-corrected chi connectivity index (χ0v) is 22.3. The van der Waals surface area contributed by atoms with E-state index in [-0.39, 0.29) is 36.9 Å². The Balaban J connectivity index is 0.00000544. The Hall–Kier alpha value is -2.44. The van der Waals surface area contributed by atoms with E-state index in [9.17, 15) is 0 Å². The van der Waals surface area contributed by atoms with Gasteiger partial charge in [-0.15, -0.1) is 24.8 Å². The van der Waals surface area contributed by atoms with Gasteiger partial charge in [0.2, 0.25) is 0 Å². The molecule has 0 radical (unpaired) electrons. The molecule has 0 amide bonds. The topological polar surface area (TPSA) is 95.2 Å². The number of halogens is 2. The minimum Gasteiger partial charge on any atom is -0.494 e. The van der Waals surface area contributed by atoms with Gasteiger partial charge in [0.15, 0.2) is 0 Å². The van der Waals surface area contributed by atoms with Crippen LogP contribution in [-0.4, -0.2) is 37.0 Å². The third-order valence-electron chi connectivity index (χ3n) is 4.63. The van der Waals surface area contributed by atoms with Crippen LogP contribution in [0.3, 0.4) is 0 Å². The molecular weight excluding hydrogens is 471 g/mol. The Morgan fingerprint density at radius 3 is 1.41 bits per heavy atom. The molecule has 8 heteroatoms. The maximum absolute atomic E-state index is 6.04. The Labute approximate surface area is 217 Å². The van der Waals surface area contributed by atoms with E-state index in [1.54, 1.807) is 0 Å². The number of hydrogen-bond donors (Lipinski definition) is 2. The molecule has 0 heterocycles. The largest absolute Gasteiger partial charge is 0.494 e. The fourth-order valence-electron chi connectivity index (χ4n) is 3.13. The Morgan fingerprint density at radius 1 is 0.676 bits per heavy atom. The molecule has 0 aliphatic heterocycles. The van der Waals surface area contributed by atoms with Crippen LogP contribution in [0.1, 0.15) is 64.5 Å². The lowest BCUT2D eigenvalue weighted by atomic mass is 10.2. The van der Waals surface area contributed by atoms with E-state index in [2.05, 4.69) is 9.98 Å². The lowest BCUT2D eigenvalue weighted by Gasteiger charge is -2.10. The summed E-state index contributed by atoms with van der Waals surface area (Å²) in [5.41, 5.74) is 13.9. The molecule has 190 valence electrons. The van der Waals surface area contributed by atoms with Gasteiger partial charge in [-0.05, 0) is 77.6 Å². The number of nitrogens with zero attached hydrogens (tertiary/aromatic N) is 2. The second-order valence-corrected chi connectivity index (χ2v) is 8.38. The molecule has 2 aromatic rings. The maximum Gasteiger partial charge on any atom is 0.126 e. The van der Waals surface area contributed by atoms with Crippen LogP contribution in [0.2, 0.25) is 0 Å². The van der Waals surface area contributed by atoms with Crippen molar-refractivity contribution in [1.29, 1.82) is 0 Å². The number of nitrogens with two attached hydrogens (primary N) is 2. The zero-order valence-electron chi connectivity index (χ0n) is 20.7. The molecule has 6 nitrogen and oxygen atoms in total. The Kier molecular flexibility index (Phi) is 15.8. The van der Waals surface area contributed by atoms with Crippen LogP contribution in [0.15, 0.2) is 58.5 Å². The molecule has 0 aliphatic rings. The molecule has 0 saturated heterocycles. The molecule has 0 bridgehead atoms. The van der Waals surface area contributed by atoms with E-state index >= 15 is 0 Å². The van der Waals surface area contributed by atoms with Gasteiger partial charge in [-0.3, -0.25) is 9.98 Å². The lowest BCUT2D eigenvalue weighted by Crippen LogP contribution is -2.15. The molecule has 0 aliphatic carbocycles. The molecule has 0 aromatic heterocycles. The summed E-state index contributed by atoms with van der Waals surface area (Å²) < 4.78 is 11.8. The molecule has 0 unspecified atom stereocenters. The van der Waals surface area contributed by atoms with Crippen LogP contribution in [0.25, 0.3) is 0 Å². The summed E-state index contributed by atoms with van der Waals surface area (Å²) in [5.74, 6) is 2.75. The molecule has 0 fully saturated rings. The number of benzene rings is 2. The summed E-state index contributed by atoms with van der Waals surface area (Å²) >= 11 is 0. The highest BCUT2D eigenvalue weighted by molar-refractivity contribution is 5.98. The molecule has 0 spiro atoms. The summed E-state index contributed by atoms with van der Waals surface area (Å²) in [5, 5.41) is 0. The van der Waals surface area contributed by atoms with Crippen molar-refractivity contribution in [3.63, 3.8) is 0 Å². The Morgan fingerprint density at radius 2 is 1.06 bits per heavy atom. The van der Waals surface area contributed by atoms with Crippen molar-refractivity contribution in [3.05, 3.63) is 59.7 Å². The monoisotopic (exact) mass is 510 g/mol. The Bertz CT molecular complexity index is 828. The maximum atomic E-state index is 6.04. The van der Waals surface area contributed by atoms with E-state index < -0.39 is 0 Å². The fraction of sp³-hybridized carbons (Fsp3) is 0.462. The van der Waals surface area contributed by atoms with E-state index in [1.165, 1.54) is 0 Å².